The van der Waals surface area contributed by atoms with E-state index in [1.807, 2.05) is 0 Å². The Bertz CT molecular complexity index is 519. The molecule has 3 N–H and O–H groups in total. The zero-order chi connectivity index (χ0) is 13.2. The minimum Gasteiger partial charge on any atom is -0.508 e. The number of aromatic hydroxyl groups is 1. The molecule has 0 radical (unpaired) electrons. The Balaban J connectivity index is 2.14. The van der Waals surface area contributed by atoms with Gasteiger partial charge >= 0.3 is 0 Å². The molecule has 0 heterocycles. The summed E-state index contributed by atoms with van der Waals surface area (Å²) in [5, 5.41) is 14.9. The van der Waals surface area contributed by atoms with Gasteiger partial charge in [0.2, 0.25) is 10.0 Å². The first kappa shape index (κ1) is 13.4. The second-order valence-electron chi connectivity index (χ2n) is 5.04. The van der Waals surface area contributed by atoms with Crippen molar-refractivity contribution in [1.29, 1.82) is 0 Å². The molecule has 2 rings (SSSR count). The number of hydrogen-bond donors (Lipinski definition) is 2. The maximum absolute atomic E-state index is 11.2. The van der Waals surface area contributed by atoms with Gasteiger partial charge in [-0.25, -0.2) is 13.6 Å². The highest BCUT2D eigenvalue weighted by Gasteiger charge is 2.17. The SMILES string of the molecule is NS(=O)(=O)c1ccc(CC2CCCCC2)c(O)c1. The Kier molecular flexibility index (Phi) is 3.92. The summed E-state index contributed by atoms with van der Waals surface area (Å²) >= 11 is 0. The number of phenolic OH excluding ortho intramolecular Hbond substituents is 1. The van der Waals surface area contributed by atoms with Gasteiger partial charge in [0.15, 0.2) is 0 Å². The van der Waals surface area contributed by atoms with Crippen molar-refractivity contribution in [3.05, 3.63) is 23.8 Å². The topological polar surface area (TPSA) is 80.4 Å². The molecule has 0 bridgehead atoms. The van der Waals surface area contributed by atoms with Crippen LogP contribution < -0.4 is 5.14 Å². The van der Waals surface area contributed by atoms with Crippen molar-refractivity contribution in [3.8, 4) is 5.75 Å². The van der Waals surface area contributed by atoms with Crippen LogP contribution in [0.2, 0.25) is 0 Å². The summed E-state index contributed by atoms with van der Waals surface area (Å²) in [5.41, 5.74) is 0.814. The quantitative estimate of drug-likeness (QED) is 0.882. The summed E-state index contributed by atoms with van der Waals surface area (Å²) in [6, 6.07) is 4.38. The summed E-state index contributed by atoms with van der Waals surface area (Å²) in [5.74, 6) is 0.636. The molecule has 0 unspecified atom stereocenters. The van der Waals surface area contributed by atoms with Gasteiger partial charge in [0, 0.05) is 6.07 Å². The number of nitrogens with two attached hydrogens (primary N) is 1. The van der Waals surface area contributed by atoms with Gasteiger partial charge in [-0.05, 0) is 24.0 Å². The average Bonchev–Trinajstić information content (AvgIpc) is 2.32. The molecule has 0 amide bonds. The minimum absolute atomic E-state index is 0.0344. The first-order valence-electron chi connectivity index (χ1n) is 6.31. The lowest BCUT2D eigenvalue weighted by Crippen LogP contribution is -2.13. The zero-order valence-corrected chi connectivity index (χ0v) is 11.1. The van der Waals surface area contributed by atoms with Crippen LogP contribution in [0, 0.1) is 5.92 Å². The van der Waals surface area contributed by atoms with Gasteiger partial charge in [-0.1, -0.05) is 38.2 Å². The predicted molar refractivity (Wildman–Crippen MR) is 69.8 cm³/mol. The van der Waals surface area contributed by atoms with Gasteiger partial charge in [0.05, 0.1) is 4.90 Å². The van der Waals surface area contributed by atoms with E-state index in [1.54, 1.807) is 6.07 Å². The second-order valence-corrected chi connectivity index (χ2v) is 6.61. The summed E-state index contributed by atoms with van der Waals surface area (Å²) in [7, 11) is -3.74. The van der Waals surface area contributed by atoms with Crippen molar-refractivity contribution in [3.63, 3.8) is 0 Å². The van der Waals surface area contributed by atoms with Crippen LogP contribution in [-0.4, -0.2) is 13.5 Å². The molecule has 1 fully saturated rings. The van der Waals surface area contributed by atoms with Crippen molar-refractivity contribution in [2.24, 2.45) is 11.1 Å². The van der Waals surface area contributed by atoms with E-state index < -0.39 is 10.0 Å². The molecule has 0 aliphatic heterocycles. The standard InChI is InChI=1S/C13H19NO3S/c14-18(16,17)12-7-6-11(13(15)9-12)8-10-4-2-1-3-5-10/h6-7,9-10,15H,1-5,8H2,(H2,14,16,17). The van der Waals surface area contributed by atoms with Crippen LogP contribution in [0.15, 0.2) is 23.1 Å². The molecule has 5 heteroatoms. The van der Waals surface area contributed by atoms with Gasteiger partial charge in [-0.3, -0.25) is 0 Å². The van der Waals surface area contributed by atoms with E-state index in [2.05, 4.69) is 0 Å². The first-order valence-corrected chi connectivity index (χ1v) is 7.86. The third kappa shape index (κ3) is 3.23. The van der Waals surface area contributed by atoms with Crippen LogP contribution in [0.1, 0.15) is 37.7 Å². The molecular weight excluding hydrogens is 250 g/mol. The molecule has 18 heavy (non-hydrogen) atoms. The Labute approximate surface area is 108 Å². The highest BCUT2D eigenvalue weighted by molar-refractivity contribution is 7.89. The molecular formula is C13H19NO3S. The second kappa shape index (κ2) is 5.28. The highest BCUT2D eigenvalue weighted by atomic mass is 32.2. The van der Waals surface area contributed by atoms with Gasteiger partial charge in [0.1, 0.15) is 5.75 Å². The fourth-order valence-corrected chi connectivity index (χ4v) is 3.13. The van der Waals surface area contributed by atoms with Crippen LogP contribution in [0.4, 0.5) is 0 Å². The van der Waals surface area contributed by atoms with E-state index in [0.717, 1.165) is 12.0 Å². The Morgan fingerprint density at radius 3 is 2.44 bits per heavy atom. The zero-order valence-electron chi connectivity index (χ0n) is 10.3. The van der Waals surface area contributed by atoms with E-state index in [1.165, 1.54) is 44.2 Å². The Morgan fingerprint density at radius 1 is 1.22 bits per heavy atom. The number of sulfonamides is 1. The molecule has 1 aromatic rings. The van der Waals surface area contributed by atoms with Crippen molar-refractivity contribution >= 4 is 10.0 Å². The van der Waals surface area contributed by atoms with Gasteiger partial charge < -0.3 is 5.11 Å². The lowest BCUT2D eigenvalue weighted by atomic mass is 9.85. The molecule has 1 aliphatic carbocycles. The number of hydrogen-bond acceptors (Lipinski definition) is 3. The summed E-state index contributed by atoms with van der Waals surface area (Å²) in [6.45, 7) is 0. The predicted octanol–water partition coefficient (Wildman–Crippen LogP) is 2.16. The summed E-state index contributed by atoms with van der Waals surface area (Å²) in [6.07, 6.45) is 7.00. The van der Waals surface area contributed by atoms with Crippen LogP contribution in [-0.2, 0) is 16.4 Å². The van der Waals surface area contributed by atoms with Crippen molar-refractivity contribution in [2.75, 3.05) is 0 Å². The molecule has 4 nitrogen and oxygen atoms in total. The third-order valence-corrected chi connectivity index (χ3v) is 4.53. The van der Waals surface area contributed by atoms with Crippen molar-refractivity contribution in [1.82, 2.24) is 0 Å². The van der Waals surface area contributed by atoms with Crippen LogP contribution in [0.25, 0.3) is 0 Å². The fourth-order valence-electron chi connectivity index (χ4n) is 2.60. The molecule has 100 valence electrons. The van der Waals surface area contributed by atoms with E-state index >= 15 is 0 Å². The number of primary sulfonamides is 1. The minimum atomic E-state index is -3.74. The van der Waals surface area contributed by atoms with Gasteiger partial charge in [-0.15, -0.1) is 0 Å². The van der Waals surface area contributed by atoms with E-state index in [-0.39, 0.29) is 10.6 Å². The largest absolute Gasteiger partial charge is 0.508 e. The number of rotatable bonds is 3. The molecule has 0 atom stereocenters. The smallest absolute Gasteiger partial charge is 0.238 e. The molecule has 0 spiro atoms. The lowest BCUT2D eigenvalue weighted by molar-refractivity contribution is 0.351. The monoisotopic (exact) mass is 269 g/mol. The molecule has 1 aliphatic rings. The third-order valence-electron chi connectivity index (χ3n) is 3.62. The number of phenols is 1. The fraction of sp³-hybridized carbons (Fsp3) is 0.538. The molecule has 1 saturated carbocycles. The Hall–Kier alpha value is -1.07. The maximum atomic E-state index is 11.2. The molecule has 0 saturated heterocycles. The maximum Gasteiger partial charge on any atom is 0.238 e. The van der Waals surface area contributed by atoms with Crippen LogP contribution >= 0.6 is 0 Å². The lowest BCUT2D eigenvalue weighted by Gasteiger charge is -2.21. The van der Waals surface area contributed by atoms with Crippen LogP contribution in [0.3, 0.4) is 0 Å². The summed E-state index contributed by atoms with van der Waals surface area (Å²) < 4.78 is 22.3. The van der Waals surface area contributed by atoms with Crippen molar-refractivity contribution in [2.45, 2.75) is 43.4 Å². The average molecular weight is 269 g/mol. The van der Waals surface area contributed by atoms with E-state index in [0.29, 0.717) is 5.92 Å². The number of benzene rings is 1. The van der Waals surface area contributed by atoms with Gasteiger partial charge in [-0.2, -0.15) is 0 Å². The first-order chi connectivity index (χ1) is 8.47. The van der Waals surface area contributed by atoms with Crippen LogP contribution in [0.5, 0.6) is 5.75 Å². The molecule has 1 aromatic carbocycles. The van der Waals surface area contributed by atoms with E-state index in [4.69, 9.17) is 5.14 Å². The van der Waals surface area contributed by atoms with E-state index in [9.17, 15) is 13.5 Å². The normalized spacial score (nSPS) is 17.8. The highest BCUT2D eigenvalue weighted by Crippen LogP contribution is 2.30. The Morgan fingerprint density at radius 2 is 1.89 bits per heavy atom. The van der Waals surface area contributed by atoms with Gasteiger partial charge in [0.25, 0.3) is 0 Å². The van der Waals surface area contributed by atoms with Crippen molar-refractivity contribution < 1.29 is 13.5 Å². The molecule has 0 aromatic heterocycles. The summed E-state index contributed by atoms with van der Waals surface area (Å²) in [4.78, 5) is -0.0348.